The SMILES string of the molecule is CCCC1(C(=O)O)CCN(c2ccc(I)cc2[N+](=O)[O-])C1. The van der Waals surface area contributed by atoms with E-state index < -0.39 is 16.3 Å². The van der Waals surface area contributed by atoms with Crippen molar-refractivity contribution in [2.75, 3.05) is 18.0 Å². The number of nitrogens with zero attached hydrogens (tertiary/aromatic N) is 2. The Morgan fingerprint density at radius 3 is 2.86 bits per heavy atom. The summed E-state index contributed by atoms with van der Waals surface area (Å²) in [5.41, 5.74) is -0.231. The zero-order chi connectivity index (χ0) is 15.6. The van der Waals surface area contributed by atoms with Gasteiger partial charge in [-0.2, -0.15) is 0 Å². The summed E-state index contributed by atoms with van der Waals surface area (Å²) in [5.74, 6) is -0.806. The third kappa shape index (κ3) is 3.12. The molecule has 114 valence electrons. The van der Waals surface area contributed by atoms with E-state index in [0.717, 1.165) is 9.99 Å². The molecule has 0 bridgehead atoms. The Labute approximate surface area is 136 Å². The zero-order valence-corrected chi connectivity index (χ0v) is 13.9. The number of aliphatic carboxylic acids is 1. The van der Waals surface area contributed by atoms with Crippen LogP contribution in [0.4, 0.5) is 11.4 Å². The van der Waals surface area contributed by atoms with Crippen LogP contribution in [0.15, 0.2) is 18.2 Å². The van der Waals surface area contributed by atoms with E-state index in [1.165, 1.54) is 6.07 Å². The van der Waals surface area contributed by atoms with Gasteiger partial charge in [0, 0.05) is 22.7 Å². The van der Waals surface area contributed by atoms with Gasteiger partial charge in [-0.25, -0.2) is 0 Å². The highest BCUT2D eigenvalue weighted by atomic mass is 127. The molecule has 2 rings (SSSR count). The second kappa shape index (κ2) is 6.17. The number of hydrogen-bond donors (Lipinski definition) is 1. The van der Waals surface area contributed by atoms with Crippen molar-refractivity contribution in [3.05, 3.63) is 31.9 Å². The first kappa shape index (κ1) is 16.0. The minimum Gasteiger partial charge on any atom is -0.481 e. The van der Waals surface area contributed by atoms with E-state index in [2.05, 4.69) is 0 Å². The predicted molar refractivity (Wildman–Crippen MR) is 87.6 cm³/mol. The molecule has 7 heteroatoms. The Kier molecular flexibility index (Phi) is 4.70. The number of anilines is 1. The maximum Gasteiger partial charge on any atom is 0.311 e. The molecule has 0 amide bonds. The van der Waals surface area contributed by atoms with E-state index in [1.807, 2.05) is 40.5 Å². The summed E-state index contributed by atoms with van der Waals surface area (Å²) in [5, 5.41) is 20.7. The van der Waals surface area contributed by atoms with Gasteiger partial charge in [-0.05, 0) is 47.6 Å². The van der Waals surface area contributed by atoms with Gasteiger partial charge in [0.1, 0.15) is 5.69 Å². The van der Waals surface area contributed by atoms with Crippen LogP contribution in [0.2, 0.25) is 0 Å². The van der Waals surface area contributed by atoms with Crippen molar-refractivity contribution in [2.24, 2.45) is 5.41 Å². The van der Waals surface area contributed by atoms with Gasteiger partial charge < -0.3 is 10.0 Å². The Hall–Kier alpha value is -1.38. The first-order valence-corrected chi connectivity index (χ1v) is 7.90. The largest absolute Gasteiger partial charge is 0.481 e. The normalized spacial score (nSPS) is 21.5. The molecule has 1 saturated heterocycles. The molecule has 1 heterocycles. The molecule has 21 heavy (non-hydrogen) atoms. The van der Waals surface area contributed by atoms with Crippen LogP contribution in [0.3, 0.4) is 0 Å². The van der Waals surface area contributed by atoms with Crippen molar-refractivity contribution < 1.29 is 14.8 Å². The quantitative estimate of drug-likeness (QED) is 0.463. The molecular weight excluding hydrogens is 387 g/mol. The Morgan fingerprint density at radius 1 is 1.57 bits per heavy atom. The number of carboxylic acids is 1. The van der Waals surface area contributed by atoms with Crippen molar-refractivity contribution in [1.29, 1.82) is 0 Å². The summed E-state index contributed by atoms with van der Waals surface area (Å²) in [4.78, 5) is 24.2. The summed E-state index contributed by atoms with van der Waals surface area (Å²) in [6.07, 6.45) is 1.91. The van der Waals surface area contributed by atoms with Crippen molar-refractivity contribution in [3.8, 4) is 0 Å². The van der Waals surface area contributed by atoms with Crippen LogP contribution >= 0.6 is 22.6 Å². The minimum absolute atomic E-state index is 0.0413. The van der Waals surface area contributed by atoms with Crippen molar-refractivity contribution in [3.63, 3.8) is 0 Å². The summed E-state index contributed by atoms with van der Waals surface area (Å²) in [6.45, 7) is 2.83. The van der Waals surface area contributed by atoms with Crippen molar-refractivity contribution >= 4 is 39.9 Å². The third-order valence-electron chi connectivity index (χ3n) is 4.01. The van der Waals surface area contributed by atoms with Gasteiger partial charge in [-0.3, -0.25) is 14.9 Å². The van der Waals surface area contributed by atoms with E-state index in [-0.39, 0.29) is 5.69 Å². The summed E-state index contributed by atoms with van der Waals surface area (Å²) in [7, 11) is 0. The highest BCUT2D eigenvalue weighted by molar-refractivity contribution is 14.1. The highest BCUT2D eigenvalue weighted by Gasteiger charge is 2.45. The van der Waals surface area contributed by atoms with Crippen LogP contribution in [0.25, 0.3) is 0 Å². The topological polar surface area (TPSA) is 83.7 Å². The molecule has 1 fully saturated rings. The first-order valence-electron chi connectivity index (χ1n) is 6.82. The fraction of sp³-hybridized carbons (Fsp3) is 0.500. The number of nitro groups is 1. The molecule has 1 aromatic rings. The van der Waals surface area contributed by atoms with E-state index in [9.17, 15) is 20.0 Å². The first-order chi connectivity index (χ1) is 9.89. The molecule has 1 unspecified atom stereocenters. The molecule has 1 aliphatic heterocycles. The number of nitro benzene ring substituents is 1. The van der Waals surface area contributed by atoms with E-state index in [1.54, 1.807) is 6.07 Å². The fourth-order valence-corrected chi connectivity index (χ4v) is 3.43. The second-order valence-electron chi connectivity index (χ2n) is 5.40. The molecule has 0 spiro atoms. The lowest BCUT2D eigenvalue weighted by Crippen LogP contribution is -2.34. The smallest absolute Gasteiger partial charge is 0.311 e. The minimum atomic E-state index is -0.806. The van der Waals surface area contributed by atoms with E-state index in [0.29, 0.717) is 31.6 Å². The molecule has 1 atom stereocenters. The summed E-state index contributed by atoms with van der Waals surface area (Å²) in [6, 6.07) is 5.05. The third-order valence-corrected chi connectivity index (χ3v) is 4.68. The van der Waals surface area contributed by atoms with Crippen molar-refractivity contribution in [1.82, 2.24) is 0 Å². The van der Waals surface area contributed by atoms with Gasteiger partial charge in [0.15, 0.2) is 0 Å². The van der Waals surface area contributed by atoms with Crippen LogP contribution < -0.4 is 4.90 Å². The Balaban J connectivity index is 2.33. The lowest BCUT2D eigenvalue weighted by Gasteiger charge is -2.25. The molecule has 1 aromatic carbocycles. The number of rotatable bonds is 5. The number of carbonyl (C=O) groups is 1. The van der Waals surface area contributed by atoms with Crippen LogP contribution in [0, 0.1) is 19.1 Å². The van der Waals surface area contributed by atoms with Crippen molar-refractivity contribution in [2.45, 2.75) is 26.2 Å². The van der Waals surface area contributed by atoms with Gasteiger partial charge in [-0.1, -0.05) is 13.3 Å². The highest BCUT2D eigenvalue weighted by Crippen LogP contribution is 2.40. The molecule has 0 saturated carbocycles. The van der Waals surface area contributed by atoms with Gasteiger partial charge in [0.2, 0.25) is 0 Å². The van der Waals surface area contributed by atoms with Gasteiger partial charge >= 0.3 is 5.97 Å². The standard InChI is InChI=1S/C14H17IN2O4/c1-2-5-14(13(18)19)6-7-16(9-14)11-4-3-10(15)8-12(11)17(20)21/h3-4,8H,2,5-7,9H2,1H3,(H,18,19). The monoisotopic (exact) mass is 404 g/mol. The summed E-state index contributed by atoms with van der Waals surface area (Å²) >= 11 is 2.03. The molecule has 0 aromatic heterocycles. The number of hydrogen-bond acceptors (Lipinski definition) is 4. The molecular formula is C14H17IN2O4. The van der Waals surface area contributed by atoms with Crippen LogP contribution in [-0.4, -0.2) is 29.1 Å². The van der Waals surface area contributed by atoms with Crippen LogP contribution in [0.1, 0.15) is 26.2 Å². The molecule has 1 N–H and O–H groups in total. The summed E-state index contributed by atoms with van der Waals surface area (Å²) < 4.78 is 0.792. The second-order valence-corrected chi connectivity index (χ2v) is 6.64. The molecule has 6 nitrogen and oxygen atoms in total. The molecule has 0 aliphatic carbocycles. The lowest BCUT2D eigenvalue weighted by molar-refractivity contribution is -0.384. The predicted octanol–water partition coefficient (Wildman–Crippen LogP) is 3.28. The molecule has 0 radical (unpaired) electrons. The maximum absolute atomic E-state index is 11.6. The number of carboxylic acid groups (broad SMARTS) is 1. The van der Waals surface area contributed by atoms with Gasteiger partial charge in [0.25, 0.3) is 5.69 Å². The fourth-order valence-electron chi connectivity index (χ4n) is 2.95. The average molecular weight is 404 g/mol. The Bertz CT molecular complexity index is 578. The van der Waals surface area contributed by atoms with Gasteiger partial charge in [-0.15, -0.1) is 0 Å². The van der Waals surface area contributed by atoms with Gasteiger partial charge in [0.05, 0.1) is 10.3 Å². The van der Waals surface area contributed by atoms with E-state index in [4.69, 9.17) is 0 Å². The maximum atomic E-state index is 11.6. The average Bonchev–Trinajstić information content (AvgIpc) is 2.84. The lowest BCUT2D eigenvalue weighted by atomic mass is 9.83. The number of benzene rings is 1. The Morgan fingerprint density at radius 2 is 2.29 bits per heavy atom. The number of halogens is 1. The zero-order valence-electron chi connectivity index (χ0n) is 11.7. The van der Waals surface area contributed by atoms with Crippen LogP contribution in [0.5, 0.6) is 0 Å². The van der Waals surface area contributed by atoms with E-state index >= 15 is 0 Å². The van der Waals surface area contributed by atoms with Crippen LogP contribution in [-0.2, 0) is 4.79 Å². The molecule has 1 aliphatic rings.